The third-order valence-corrected chi connectivity index (χ3v) is 5.81. The number of amides is 1. The number of thiazole rings is 1. The molecular formula is C19H27ClN4OS. The molecule has 142 valence electrons. The molecule has 1 aromatic heterocycles. The molecule has 0 unspecified atom stereocenters. The molecule has 2 atom stereocenters. The average molecular weight is 395 g/mol. The van der Waals surface area contributed by atoms with Crippen molar-refractivity contribution in [3.63, 3.8) is 0 Å². The Morgan fingerprint density at radius 2 is 2.08 bits per heavy atom. The van der Waals surface area contributed by atoms with Gasteiger partial charge >= 0.3 is 0 Å². The molecule has 2 aromatic rings. The quantitative estimate of drug-likeness (QED) is 0.817. The molecule has 1 aromatic carbocycles. The molecule has 0 spiro atoms. The normalized spacial score (nSPS) is 20.0. The van der Waals surface area contributed by atoms with Crippen LogP contribution < -0.4 is 10.6 Å². The summed E-state index contributed by atoms with van der Waals surface area (Å²) >= 11 is 1.54. The molecule has 1 saturated heterocycles. The van der Waals surface area contributed by atoms with Crippen LogP contribution in [0.3, 0.4) is 0 Å². The first kappa shape index (κ1) is 20.8. The third-order valence-electron chi connectivity index (χ3n) is 4.90. The maximum absolute atomic E-state index is 11.7. The van der Waals surface area contributed by atoms with E-state index in [1.165, 1.54) is 5.56 Å². The lowest BCUT2D eigenvalue weighted by atomic mass is 9.89. The molecule has 1 fully saturated rings. The molecule has 2 heterocycles. The zero-order chi connectivity index (χ0) is 17.8. The van der Waals surface area contributed by atoms with Crippen LogP contribution in [0.1, 0.15) is 31.0 Å². The second-order valence-corrected chi connectivity index (χ2v) is 7.43. The molecule has 0 bridgehead atoms. The van der Waals surface area contributed by atoms with Gasteiger partial charge in [-0.3, -0.25) is 14.6 Å². The van der Waals surface area contributed by atoms with E-state index in [0.717, 1.165) is 30.5 Å². The van der Waals surface area contributed by atoms with E-state index in [2.05, 4.69) is 45.6 Å². The Labute approximate surface area is 165 Å². The first-order valence-electron chi connectivity index (χ1n) is 8.82. The van der Waals surface area contributed by atoms with Gasteiger partial charge in [0.15, 0.2) is 5.13 Å². The van der Waals surface area contributed by atoms with E-state index in [9.17, 15) is 4.79 Å². The average Bonchev–Trinajstić information content (AvgIpc) is 3.23. The fourth-order valence-corrected chi connectivity index (χ4v) is 4.54. The lowest BCUT2D eigenvalue weighted by Crippen LogP contribution is -2.28. The monoisotopic (exact) mass is 394 g/mol. The van der Waals surface area contributed by atoms with Crippen LogP contribution >= 0.6 is 23.7 Å². The highest BCUT2D eigenvalue weighted by Gasteiger charge is 2.33. The molecule has 7 heteroatoms. The van der Waals surface area contributed by atoms with Gasteiger partial charge in [0.25, 0.3) is 0 Å². The van der Waals surface area contributed by atoms with E-state index in [1.807, 2.05) is 6.92 Å². The smallest absolute Gasteiger partial charge is 0.225 e. The third kappa shape index (κ3) is 4.62. The summed E-state index contributed by atoms with van der Waals surface area (Å²) in [6, 6.07) is 10.6. The van der Waals surface area contributed by atoms with Crippen LogP contribution in [0.5, 0.6) is 0 Å². The van der Waals surface area contributed by atoms with E-state index in [4.69, 9.17) is 5.73 Å². The van der Waals surface area contributed by atoms with Crippen molar-refractivity contribution < 1.29 is 4.79 Å². The number of benzene rings is 1. The number of carbonyl (C=O) groups is 1. The summed E-state index contributed by atoms with van der Waals surface area (Å²) in [6.45, 7) is 7.71. The minimum Gasteiger partial charge on any atom is -0.330 e. The van der Waals surface area contributed by atoms with E-state index in [0.29, 0.717) is 24.9 Å². The number of halogens is 1. The number of hydrogen-bond acceptors (Lipinski definition) is 5. The SMILES string of the molecule is CCN(C(C)=O)c1nc(CN2C[C@@H](CN)[C@H](c3ccccc3)C2)cs1.Cl. The summed E-state index contributed by atoms with van der Waals surface area (Å²) < 4.78 is 0. The zero-order valence-corrected chi connectivity index (χ0v) is 16.9. The number of rotatable bonds is 6. The Hall–Kier alpha value is -1.47. The maximum Gasteiger partial charge on any atom is 0.225 e. The fourth-order valence-electron chi connectivity index (χ4n) is 3.62. The van der Waals surface area contributed by atoms with Gasteiger partial charge in [-0.2, -0.15) is 0 Å². The lowest BCUT2D eigenvalue weighted by molar-refractivity contribution is -0.116. The molecule has 3 rings (SSSR count). The van der Waals surface area contributed by atoms with Crippen LogP contribution in [0, 0.1) is 5.92 Å². The number of hydrogen-bond donors (Lipinski definition) is 1. The fraction of sp³-hybridized carbons (Fsp3) is 0.474. The Balaban J connectivity index is 0.00000243. The van der Waals surface area contributed by atoms with Gasteiger partial charge in [0.1, 0.15) is 0 Å². The van der Waals surface area contributed by atoms with Crippen molar-refractivity contribution in [1.82, 2.24) is 9.88 Å². The number of carbonyl (C=O) groups excluding carboxylic acids is 1. The van der Waals surface area contributed by atoms with Gasteiger partial charge in [-0.25, -0.2) is 4.98 Å². The van der Waals surface area contributed by atoms with Crippen molar-refractivity contribution in [1.29, 1.82) is 0 Å². The summed E-state index contributed by atoms with van der Waals surface area (Å²) in [7, 11) is 0. The van der Waals surface area contributed by atoms with Gasteiger partial charge in [0.05, 0.1) is 5.69 Å². The Morgan fingerprint density at radius 1 is 1.35 bits per heavy atom. The maximum atomic E-state index is 11.7. The molecule has 1 aliphatic rings. The predicted molar refractivity (Wildman–Crippen MR) is 110 cm³/mol. The van der Waals surface area contributed by atoms with Crippen molar-refractivity contribution in [2.75, 3.05) is 31.1 Å². The summed E-state index contributed by atoms with van der Waals surface area (Å²) in [5.74, 6) is 0.996. The highest BCUT2D eigenvalue weighted by Crippen LogP contribution is 2.33. The van der Waals surface area contributed by atoms with Gasteiger partial charge in [0.2, 0.25) is 5.91 Å². The largest absolute Gasteiger partial charge is 0.330 e. The first-order chi connectivity index (χ1) is 12.1. The minimum absolute atomic E-state index is 0. The van der Waals surface area contributed by atoms with Crippen molar-refractivity contribution in [2.24, 2.45) is 11.7 Å². The molecular weight excluding hydrogens is 368 g/mol. The zero-order valence-electron chi connectivity index (χ0n) is 15.3. The number of anilines is 1. The Bertz CT molecular complexity index is 709. The number of aromatic nitrogens is 1. The van der Waals surface area contributed by atoms with Gasteiger partial charge in [0, 0.05) is 44.4 Å². The second-order valence-electron chi connectivity index (χ2n) is 6.59. The first-order valence-corrected chi connectivity index (χ1v) is 9.70. The molecule has 2 N–H and O–H groups in total. The second kappa shape index (κ2) is 9.46. The number of nitrogens with zero attached hydrogens (tertiary/aromatic N) is 3. The van der Waals surface area contributed by atoms with Crippen LogP contribution in [0.25, 0.3) is 0 Å². The minimum atomic E-state index is 0. The molecule has 1 aliphatic heterocycles. The van der Waals surface area contributed by atoms with E-state index in [-0.39, 0.29) is 18.3 Å². The van der Waals surface area contributed by atoms with Crippen molar-refractivity contribution in [3.8, 4) is 0 Å². The molecule has 1 amide bonds. The predicted octanol–water partition coefficient (Wildman–Crippen LogP) is 3.11. The number of likely N-dealkylation sites (tertiary alicyclic amines) is 1. The highest BCUT2D eigenvalue weighted by molar-refractivity contribution is 7.14. The molecule has 0 saturated carbocycles. The van der Waals surface area contributed by atoms with E-state index >= 15 is 0 Å². The van der Waals surface area contributed by atoms with Crippen LogP contribution in [0.15, 0.2) is 35.7 Å². The summed E-state index contributed by atoms with van der Waals surface area (Å²) in [5.41, 5.74) is 8.43. The van der Waals surface area contributed by atoms with Crippen molar-refractivity contribution >= 4 is 34.8 Å². The van der Waals surface area contributed by atoms with Crippen LogP contribution in [0.2, 0.25) is 0 Å². The lowest BCUT2D eigenvalue weighted by Gasteiger charge is -2.16. The van der Waals surface area contributed by atoms with Crippen molar-refractivity contribution in [3.05, 3.63) is 47.0 Å². The van der Waals surface area contributed by atoms with Crippen LogP contribution in [-0.4, -0.2) is 42.0 Å². The van der Waals surface area contributed by atoms with Crippen molar-refractivity contribution in [2.45, 2.75) is 26.3 Å². The van der Waals surface area contributed by atoms with E-state index in [1.54, 1.807) is 23.2 Å². The standard InChI is InChI=1S/C19H26N4OS.ClH/c1-3-23(14(2)24)19-21-17(13-25-19)11-22-10-16(9-20)18(12-22)15-7-5-4-6-8-15;/h4-8,13,16,18H,3,9-12,20H2,1-2H3;1H/t16-,18+;/m1./s1. The van der Waals surface area contributed by atoms with E-state index < -0.39 is 0 Å². The molecule has 5 nitrogen and oxygen atoms in total. The molecule has 0 radical (unpaired) electrons. The van der Waals surface area contributed by atoms with Gasteiger partial charge < -0.3 is 5.73 Å². The number of nitrogens with two attached hydrogens (primary N) is 1. The van der Waals surface area contributed by atoms with Gasteiger partial charge in [-0.1, -0.05) is 30.3 Å². The summed E-state index contributed by atoms with van der Waals surface area (Å²) in [4.78, 5) is 20.5. The Kier molecular flexibility index (Phi) is 7.58. The van der Waals surface area contributed by atoms with Crippen LogP contribution in [0.4, 0.5) is 5.13 Å². The topological polar surface area (TPSA) is 62.5 Å². The van der Waals surface area contributed by atoms with Gasteiger partial charge in [-0.15, -0.1) is 23.7 Å². The molecule has 26 heavy (non-hydrogen) atoms. The molecule has 0 aliphatic carbocycles. The van der Waals surface area contributed by atoms with Crippen LogP contribution in [-0.2, 0) is 11.3 Å². The van der Waals surface area contributed by atoms with Gasteiger partial charge in [-0.05, 0) is 24.9 Å². The summed E-state index contributed by atoms with van der Waals surface area (Å²) in [5, 5.41) is 2.85. The highest BCUT2D eigenvalue weighted by atomic mass is 35.5. The Morgan fingerprint density at radius 3 is 2.69 bits per heavy atom. The summed E-state index contributed by atoms with van der Waals surface area (Å²) in [6.07, 6.45) is 0.